The molecule has 19 heavy (non-hydrogen) atoms. The van der Waals surface area contributed by atoms with Gasteiger partial charge in [0.1, 0.15) is 0 Å². The minimum Gasteiger partial charge on any atom is -0.315 e. The lowest BCUT2D eigenvalue weighted by atomic mass is 10.1. The number of nitrogens with zero attached hydrogens (tertiary/aromatic N) is 1. The topological polar surface area (TPSA) is 15.3 Å². The van der Waals surface area contributed by atoms with Crippen LogP contribution in [-0.2, 0) is 19.4 Å². The van der Waals surface area contributed by atoms with E-state index in [-0.39, 0.29) is 0 Å². The van der Waals surface area contributed by atoms with Crippen LogP contribution in [0.5, 0.6) is 0 Å². The number of fused-ring (bicyclic) bond motifs is 1. The summed E-state index contributed by atoms with van der Waals surface area (Å²) in [6, 6.07) is 7.94. The third-order valence-electron chi connectivity index (χ3n) is 4.61. The summed E-state index contributed by atoms with van der Waals surface area (Å²) in [6.07, 6.45) is 6.50. The van der Waals surface area contributed by atoms with E-state index in [1.165, 1.54) is 57.3 Å². The van der Waals surface area contributed by atoms with Gasteiger partial charge in [-0.3, -0.25) is 4.90 Å². The van der Waals surface area contributed by atoms with Gasteiger partial charge in [0.15, 0.2) is 0 Å². The van der Waals surface area contributed by atoms with Gasteiger partial charge in [0.25, 0.3) is 0 Å². The molecule has 104 valence electrons. The number of hydrogen-bond donors (Lipinski definition) is 1. The molecule has 3 rings (SSSR count). The van der Waals surface area contributed by atoms with Crippen molar-refractivity contribution >= 4 is 0 Å². The van der Waals surface area contributed by atoms with Gasteiger partial charge in [-0.05, 0) is 61.9 Å². The summed E-state index contributed by atoms with van der Waals surface area (Å²) in [5.74, 6) is 0. The Hall–Kier alpha value is -0.860. The normalized spacial score (nSPS) is 22.1. The first-order valence-electron chi connectivity index (χ1n) is 7.92. The van der Waals surface area contributed by atoms with Crippen molar-refractivity contribution in [2.45, 2.75) is 51.6 Å². The van der Waals surface area contributed by atoms with Crippen LogP contribution in [0.1, 0.15) is 42.9 Å². The van der Waals surface area contributed by atoms with Gasteiger partial charge in [-0.2, -0.15) is 0 Å². The predicted octanol–water partition coefficient (Wildman–Crippen LogP) is 2.75. The first-order chi connectivity index (χ1) is 9.36. The Labute approximate surface area is 117 Å². The van der Waals surface area contributed by atoms with E-state index in [4.69, 9.17) is 0 Å². The molecule has 1 aliphatic carbocycles. The maximum absolute atomic E-state index is 3.50. The summed E-state index contributed by atoms with van der Waals surface area (Å²) < 4.78 is 0. The lowest BCUT2D eigenvalue weighted by Crippen LogP contribution is -2.36. The third-order valence-corrected chi connectivity index (χ3v) is 4.61. The lowest BCUT2D eigenvalue weighted by Gasteiger charge is -2.28. The van der Waals surface area contributed by atoms with Crippen LogP contribution in [0.25, 0.3) is 0 Å². The van der Waals surface area contributed by atoms with Crippen molar-refractivity contribution in [1.29, 1.82) is 0 Å². The van der Waals surface area contributed by atoms with Crippen LogP contribution in [0.2, 0.25) is 0 Å². The van der Waals surface area contributed by atoms with E-state index >= 15 is 0 Å². The highest BCUT2D eigenvalue weighted by molar-refractivity contribution is 5.35. The van der Waals surface area contributed by atoms with Crippen molar-refractivity contribution in [3.8, 4) is 0 Å². The van der Waals surface area contributed by atoms with Crippen molar-refractivity contribution in [3.05, 3.63) is 34.9 Å². The van der Waals surface area contributed by atoms with E-state index in [1.54, 1.807) is 11.1 Å². The zero-order valence-electron chi connectivity index (χ0n) is 12.1. The summed E-state index contributed by atoms with van der Waals surface area (Å²) in [5, 5.41) is 3.50. The highest BCUT2D eigenvalue weighted by atomic mass is 15.2. The summed E-state index contributed by atoms with van der Waals surface area (Å²) in [4.78, 5) is 2.68. The highest BCUT2D eigenvalue weighted by Gasteiger charge is 2.22. The number of benzene rings is 1. The number of aryl methyl sites for hydroxylation is 2. The molecular formula is C17H26N2. The molecule has 2 heteroatoms. The SMILES string of the molecule is CCCN(Cc1ccc2c(c1)CCC2)C1CCNC1. The molecule has 0 aromatic heterocycles. The first-order valence-corrected chi connectivity index (χ1v) is 7.92. The number of hydrogen-bond acceptors (Lipinski definition) is 2. The average Bonchev–Trinajstić information content (AvgIpc) is 3.09. The fraction of sp³-hybridized carbons (Fsp3) is 0.647. The average molecular weight is 258 g/mol. The number of rotatable bonds is 5. The number of nitrogens with one attached hydrogen (secondary N) is 1. The molecule has 1 aromatic carbocycles. The fourth-order valence-corrected chi connectivity index (χ4v) is 3.59. The Morgan fingerprint density at radius 1 is 1.26 bits per heavy atom. The summed E-state index contributed by atoms with van der Waals surface area (Å²) in [6.45, 7) is 7.01. The molecule has 2 aliphatic rings. The largest absolute Gasteiger partial charge is 0.315 e. The Kier molecular flexibility index (Phi) is 4.19. The lowest BCUT2D eigenvalue weighted by molar-refractivity contribution is 0.199. The Bertz CT molecular complexity index is 421. The molecule has 0 radical (unpaired) electrons. The monoisotopic (exact) mass is 258 g/mol. The van der Waals surface area contributed by atoms with E-state index < -0.39 is 0 Å². The van der Waals surface area contributed by atoms with Crippen LogP contribution in [-0.4, -0.2) is 30.6 Å². The molecule has 1 N–H and O–H groups in total. The minimum absolute atomic E-state index is 0.744. The second-order valence-electron chi connectivity index (χ2n) is 6.07. The van der Waals surface area contributed by atoms with Crippen LogP contribution < -0.4 is 5.32 Å². The van der Waals surface area contributed by atoms with Gasteiger partial charge in [-0.1, -0.05) is 25.1 Å². The van der Waals surface area contributed by atoms with Crippen LogP contribution in [0.4, 0.5) is 0 Å². The van der Waals surface area contributed by atoms with Gasteiger partial charge < -0.3 is 5.32 Å². The second-order valence-corrected chi connectivity index (χ2v) is 6.07. The summed E-state index contributed by atoms with van der Waals surface area (Å²) >= 11 is 0. The third kappa shape index (κ3) is 3.01. The van der Waals surface area contributed by atoms with Gasteiger partial charge in [-0.15, -0.1) is 0 Å². The Balaban J connectivity index is 1.70. The van der Waals surface area contributed by atoms with Crippen molar-refractivity contribution in [2.75, 3.05) is 19.6 Å². The van der Waals surface area contributed by atoms with Crippen LogP contribution in [0.3, 0.4) is 0 Å². The van der Waals surface area contributed by atoms with Gasteiger partial charge in [0, 0.05) is 19.1 Å². The molecule has 1 saturated heterocycles. The molecule has 0 bridgehead atoms. The molecule has 0 amide bonds. The molecule has 1 heterocycles. The van der Waals surface area contributed by atoms with Crippen LogP contribution in [0, 0.1) is 0 Å². The van der Waals surface area contributed by atoms with Gasteiger partial charge in [0.05, 0.1) is 0 Å². The van der Waals surface area contributed by atoms with E-state index in [9.17, 15) is 0 Å². The second kappa shape index (κ2) is 6.06. The maximum atomic E-state index is 3.50. The molecule has 1 atom stereocenters. The van der Waals surface area contributed by atoms with E-state index in [2.05, 4.69) is 35.3 Å². The zero-order chi connectivity index (χ0) is 13.1. The van der Waals surface area contributed by atoms with Crippen molar-refractivity contribution in [3.63, 3.8) is 0 Å². The quantitative estimate of drug-likeness (QED) is 0.873. The molecule has 1 aliphatic heterocycles. The molecule has 0 saturated carbocycles. The van der Waals surface area contributed by atoms with Gasteiger partial charge >= 0.3 is 0 Å². The van der Waals surface area contributed by atoms with Crippen LogP contribution >= 0.6 is 0 Å². The van der Waals surface area contributed by atoms with Crippen LogP contribution in [0.15, 0.2) is 18.2 Å². The molecule has 2 nitrogen and oxygen atoms in total. The summed E-state index contributed by atoms with van der Waals surface area (Å²) in [5.41, 5.74) is 4.72. The smallest absolute Gasteiger partial charge is 0.0237 e. The standard InChI is InChI=1S/C17H26N2/c1-2-10-19(17-8-9-18-12-17)13-14-6-7-15-4-3-5-16(15)11-14/h6-7,11,17-18H,2-5,8-10,12-13H2,1H3. The highest BCUT2D eigenvalue weighted by Crippen LogP contribution is 2.24. The molecule has 1 fully saturated rings. The predicted molar refractivity (Wildman–Crippen MR) is 80.4 cm³/mol. The van der Waals surface area contributed by atoms with Crippen molar-refractivity contribution in [1.82, 2.24) is 10.2 Å². The summed E-state index contributed by atoms with van der Waals surface area (Å²) in [7, 11) is 0. The van der Waals surface area contributed by atoms with E-state index in [0.717, 1.165) is 12.6 Å². The molecular weight excluding hydrogens is 232 g/mol. The zero-order valence-corrected chi connectivity index (χ0v) is 12.1. The van der Waals surface area contributed by atoms with Gasteiger partial charge in [-0.25, -0.2) is 0 Å². The fourth-order valence-electron chi connectivity index (χ4n) is 3.59. The Morgan fingerprint density at radius 3 is 2.95 bits per heavy atom. The maximum Gasteiger partial charge on any atom is 0.0237 e. The van der Waals surface area contributed by atoms with Crippen molar-refractivity contribution in [2.24, 2.45) is 0 Å². The Morgan fingerprint density at radius 2 is 2.16 bits per heavy atom. The van der Waals surface area contributed by atoms with E-state index in [1.807, 2.05) is 0 Å². The molecule has 1 unspecified atom stereocenters. The van der Waals surface area contributed by atoms with Crippen molar-refractivity contribution < 1.29 is 0 Å². The first kappa shape index (κ1) is 13.1. The molecule has 0 spiro atoms. The minimum atomic E-state index is 0.744. The van der Waals surface area contributed by atoms with Gasteiger partial charge in [0.2, 0.25) is 0 Å². The molecule has 1 aromatic rings. The van der Waals surface area contributed by atoms with E-state index in [0.29, 0.717) is 0 Å².